The van der Waals surface area contributed by atoms with Crippen LogP contribution in [-0.2, 0) is 0 Å². The van der Waals surface area contributed by atoms with Gasteiger partial charge in [-0.1, -0.05) is 12.1 Å². The summed E-state index contributed by atoms with van der Waals surface area (Å²) >= 11 is 1.41. The number of aromatic nitrogens is 1. The molecule has 2 aromatic carbocycles. The number of nitrogens with zero attached hydrogens (tertiary/aromatic N) is 2. The molecule has 0 unspecified atom stereocenters. The summed E-state index contributed by atoms with van der Waals surface area (Å²) in [6, 6.07) is 14.0. The van der Waals surface area contributed by atoms with Crippen molar-refractivity contribution in [2.45, 2.75) is 38.7 Å². The van der Waals surface area contributed by atoms with Gasteiger partial charge >= 0.3 is 0 Å². The smallest absolute Gasteiger partial charge is 0.289 e. The minimum absolute atomic E-state index is 0.000425. The molecule has 0 radical (unpaired) electrons. The Bertz CT molecular complexity index is 1250. The van der Waals surface area contributed by atoms with E-state index in [1.807, 2.05) is 30.9 Å². The van der Waals surface area contributed by atoms with Crippen LogP contribution in [0.5, 0.6) is 11.5 Å². The first kappa shape index (κ1) is 26.2. The summed E-state index contributed by atoms with van der Waals surface area (Å²) < 4.78 is 10.8. The average Bonchev–Trinajstić information content (AvgIpc) is 3.42. The molecule has 2 heterocycles. The predicted molar refractivity (Wildman–Crippen MR) is 140 cm³/mol. The van der Waals surface area contributed by atoms with Crippen molar-refractivity contribution in [3.8, 4) is 11.5 Å². The summed E-state index contributed by atoms with van der Waals surface area (Å²) in [7, 11) is 1.47. The molecule has 3 aromatic rings. The maximum Gasteiger partial charge on any atom is 0.289 e. The zero-order valence-corrected chi connectivity index (χ0v) is 21.8. The van der Waals surface area contributed by atoms with Crippen LogP contribution < -0.4 is 20.3 Å². The lowest BCUT2D eigenvalue weighted by Crippen LogP contribution is -2.42. The minimum Gasteiger partial charge on any atom is -0.496 e. The molecule has 1 saturated heterocycles. The Labute approximate surface area is 219 Å². The van der Waals surface area contributed by atoms with Gasteiger partial charge in [0.05, 0.1) is 23.8 Å². The van der Waals surface area contributed by atoms with Gasteiger partial charge in [0.25, 0.3) is 17.7 Å². The van der Waals surface area contributed by atoms with E-state index in [0.717, 1.165) is 23.6 Å². The van der Waals surface area contributed by atoms with E-state index in [1.54, 1.807) is 41.8 Å². The summed E-state index contributed by atoms with van der Waals surface area (Å²) in [6.45, 7) is 5.15. The molecule has 0 bridgehead atoms. The van der Waals surface area contributed by atoms with E-state index < -0.39 is 11.8 Å². The third-order valence-corrected chi connectivity index (χ3v) is 7.01. The average molecular weight is 523 g/mol. The van der Waals surface area contributed by atoms with Crippen molar-refractivity contribution in [1.82, 2.24) is 20.7 Å². The number of rotatable bonds is 7. The Hall–Kier alpha value is -3.92. The number of nitrogens with one attached hydrogen (secondary N) is 2. The summed E-state index contributed by atoms with van der Waals surface area (Å²) in [4.78, 5) is 44.2. The van der Waals surface area contributed by atoms with Gasteiger partial charge in [-0.15, -0.1) is 11.3 Å². The Morgan fingerprint density at radius 2 is 1.68 bits per heavy atom. The third kappa shape index (κ3) is 6.45. The maximum atomic E-state index is 12.9. The summed E-state index contributed by atoms with van der Waals surface area (Å²) in [5.41, 5.74) is 5.99. The first-order valence-corrected chi connectivity index (χ1v) is 13.0. The van der Waals surface area contributed by atoms with Gasteiger partial charge in [-0.2, -0.15) is 0 Å². The van der Waals surface area contributed by atoms with Crippen molar-refractivity contribution in [3.63, 3.8) is 0 Å². The fourth-order valence-corrected chi connectivity index (χ4v) is 5.09. The fraction of sp³-hybridized carbons (Fsp3) is 0.333. The van der Waals surface area contributed by atoms with Crippen molar-refractivity contribution in [2.24, 2.45) is 0 Å². The molecular formula is C27H30N4O5S. The SMILES string of the molecule is COc1ccccc1C(=O)NNC(=O)c1csc(C2CCN(C(=O)c3ccc(OC(C)C)cc3)CC2)n1. The van der Waals surface area contributed by atoms with Crippen LogP contribution in [0.1, 0.15) is 68.8 Å². The van der Waals surface area contributed by atoms with E-state index in [-0.39, 0.29) is 23.6 Å². The van der Waals surface area contributed by atoms with E-state index in [9.17, 15) is 14.4 Å². The van der Waals surface area contributed by atoms with Crippen LogP contribution in [0.25, 0.3) is 0 Å². The number of benzene rings is 2. The number of para-hydroxylation sites is 1. The Morgan fingerprint density at radius 1 is 1.00 bits per heavy atom. The number of methoxy groups -OCH3 is 1. The van der Waals surface area contributed by atoms with E-state index in [1.165, 1.54) is 18.4 Å². The van der Waals surface area contributed by atoms with E-state index in [2.05, 4.69) is 15.8 Å². The second kappa shape index (κ2) is 11.9. The molecule has 0 saturated carbocycles. The standard InChI is InChI=1S/C27H30N4O5S/c1-17(2)36-20-10-8-19(9-11-20)27(34)31-14-12-18(13-15-31)26-28-22(16-37-26)25(33)30-29-24(32)21-6-4-5-7-23(21)35-3/h4-11,16-18H,12-15H2,1-3H3,(H,29,32)(H,30,33). The van der Waals surface area contributed by atoms with Gasteiger partial charge < -0.3 is 14.4 Å². The topological polar surface area (TPSA) is 110 Å². The van der Waals surface area contributed by atoms with Crippen LogP contribution in [0.2, 0.25) is 0 Å². The molecule has 3 amide bonds. The number of carbonyl (C=O) groups excluding carboxylic acids is 3. The number of carbonyl (C=O) groups is 3. The number of amides is 3. The lowest BCUT2D eigenvalue weighted by atomic mass is 9.97. The van der Waals surface area contributed by atoms with Crippen LogP contribution in [0.3, 0.4) is 0 Å². The second-order valence-electron chi connectivity index (χ2n) is 8.94. The Kier molecular flexibility index (Phi) is 8.39. The molecule has 0 spiro atoms. The second-order valence-corrected chi connectivity index (χ2v) is 9.83. The highest BCUT2D eigenvalue weighted by Gasteiger charge is 2.27. The number of hydrogen-bond acceptors (Lipinski definition) is 7. The highest BCUT2D eigenvalue weighted by Crippen LogP contribution is 2.31. The predicted octanol–water partition coefficient (Wildman–Crippen LogP) is 4.03. The summed E-state index contributed by atoms with van der Waals surface area (Å²) in [5, 5.41) is 2.53. The van der Waals surface area contributed by atoms with Gasteiger partial charge in [0.15, 0.2) is 0 Å². The van der Waals surface area contributed by atoms with E-state index >= 15 is 0 Å². The van der Waals surface area contributed by atoms with Crippen molar-refractivity contribution >= 4 is 29.1 Å². The van der Waals surface area contributed by atoms with Crippen LogP contribution in [0.4, 0.5) is 0 Å². The van der Waals surface area contributed by atoms with Crippen molar-refractivity contribution in [3.05, 3.63) is 75.7 Å². The maximum absolute atomic E-state index is 12.9. The first-order valence-electron chi connectivity index (χ1n) is 12.1. The molecule has 1 aliphatic heterocycles. The number of likely N-dealkylation sites (tertiary alicyclic amines) is 1. The van der Waals surface area contributed by atoms with Crippen molar-refractivity contribution < 1.29 is 23.9 Å². The highest BCUT2D eigenvalue weighted by molar-refractivity contribution is 7.09. The number of ether oxygens (including phenoxy) is 2. The number of hydrogen-bond donors (Lipinski definition) is 2. The molecule has 37 heavy (non-hydrogen) atoms. The molecule has 1 fully saturated rings. The normalized spacial score (nSPS) is 13.8. The van der Waals surface area contributed by atoms with Gasteiger partial charge in [-0.05, 0) is 63.1 Å². The highest BCUT2D eigenvalue weighted by atomic mass is 32.1. The lowest BCUT2D eigenvalue weighted by Gasteiger charge is -2.31. The van der Waals surface area contributed by atoms with Gasteiger partial charge in [0, 0.05) is 30.0 Å². The monoisotopic (exact) mass is 522 g/mol. The van der Waals surface area contributed by atoms with Crippen LogP contribution in [0, 0.1) is 0 Å². The quantitative estimate of drug-likeness (QED) is 0.454. The molecule has 9 nitrogen and oxygen atoms in total. The first-order chi connectivity index (χ1) is 17.9. The van der Waals surface area contributed by atoms with Crippen LogP contribution in [-0.4, -0.2) is 53.9 Å². The molecule has 194 valence electrons. The minimum atomic E-state index is -0.497. The summed E-state index contributed by atoms with van der Waals surface area (Å²) in [6.07, 6.45) is 1.61. The van der Waals surface area contributed by atoms with Crippen LogP contribution in [0.15, 0.2) is 53.9 Å². The Morgan fingerprint density at radius 3 is 2.35 bits per heavy atom. The molecule has 1 aliphatic rings. The number of thiazole rings is 1. The molecule has 4 rings (SSSR count). The van der Waals surface area contributed by atoms with Crippen molar-refractivity contribution in [2.75, 3.05) is 20.2 Å². The summed E-state index contributed by atoms with van der Waals surface area (Å²) in [5.74, 6) is 0.337. The van der Waals surface area contributed by atoms with Gasteiger partial charge in [0.2, 0.25) is 0 Å². The van der Waals surface area contributed by atoms with E-state index in [0.29, 0.717) is 30.0 Å². The third-order valence-electron chi connectivity index (χ3n) is 6.00. The largest absolute Gasteiger partial charge is 0.496 e. The molecule has 10 heteroatoms. The zero-order chi connectivity index (χ0) is 26.4. The zero-order valence-electron chi connectivity index (χ0n) is 21.0. The van der Waals surface area contributed by atoms with Gasteiger partial charge in [0.1, 0.15) is 17.2 Å². The molecule has 1 aromatic heterocycles. The molecule has 2 N–H and O–H groups in total. The van der Waals surface area contributed by atoms with Crippen molar-refractivity contribution in [1.29, 1.82) is 0 Å². The van der Waals surface area contributed by atoms with E-state index in [4.69, 9.17) is 9.47 Å². The molecular weight excluding hydrogens is 492 g/mol. The Balaban J connectivity index is 1.28. The number of hydrazine groups is 1. The van der Waals surface area contributed by atoms with Crippen LogP contribution >= 0.6 is 11.3 Å². The van der Waals surface area contributed by atoms with Gasteiger partial charge in [-0.25, -0.2) is 4.98 Å². The fourth-order valence-electron chi connectivity index (χ4n) is 4.12. The molecule has 0 atom stereocenters. The number of piperidine rings is 1. The molecule has 0 aliphatic carbocycles. The lowest BCUT2D eigenvalue weighted by molar-refractivity contribution is 0.0712. The van der Waals surface area contributed by atoms with Gasteiger partial charge in [-0.3, -0.25) is 25.2 Å².